The summed E-state index contributed by atoms with van der Waals surface area (Å²) in [6.07, 6.45) is 4.82. The normalized spacial score (nSPS) is 17.5. The van der Waals surface area contributed by atoms with Gasteiger partial charge in [0.25, 0.3) is 0 Å². The molecule has 2 aromatic rings. The fourth-order valence-corrected chi connectivity index (χ4v) is 7.41. The molecule has 1 aliphatic rings. The van der Waals surface area contributed by atoms with E-state index in [9.17, 15) is 0 Å². The number of benzene rings is 2. The zero-order valence-electron chi connectivity index (χ0n) is 13.6. The average molecular weight is 476 g/mol. The molecule has 120 valence electrons. The standard InChI is InChI=1S/C19H22BrFI/c1-5-6-13-8-14-11(3)12(4)17-16(15(14)9-13)7-10(2)19(22-20)18(17)21/h7,13H,5-6,8-9H2,1-4H3/q-1. The van der Waals surface area contributed by atoms with Crippen molar-refractivity contribution in [2.45, 2.75) is 53.4 Å². The molecule has 22 heavy (non-hydrogen) atoms. The zero-order chi connectivity index (χ0) is 16.0. The van der Waals surface area contributed by atoms with Crippen molar-refractivity contribution in [3.63, 3.8) is 0 Å². The van der Waals surface area contributed by atoms with Gasteiger partial charge in [0.15, 0.2) is 0 Å². The Morgan fingerprint density at radius 3 is 2.50 bits per heavy atom. The van der Waals surface area contributed by atoms with Crippen molar-refractivity contribution in [1.82, 2.24) is 0 Å². The minimum absolute atomic E-state index is 0.0296. The monoisotopic (exact) mass is 475 g/mol. The van der Waals surface area contributed by atoms with Gasteiger partial charge in [-0.25, -0.2) is 0 Å². The van der Waals surface area contributed by atoms with Crippen LogP contribution in [-0.4, -0.2) is 0 Å². The molecule has 0 saturated heterocycles. The summed E-state index contributed by atoms with van der Waals surface area (Å²) in [6.45, 7) is 8.60. The Kier molecular flexibility index (Phi) is 4.84. The Hall–Kier alpha value is -0.160. The number of hydrogen-bond donors (Lipinski definition) is 0. The van der Waals surface area contributed by atoms with Crippen molar-refractivity contribution in [1.29, 1.82) is 0 Å². The van der Waals surface area contributed by atoms with Crippen molar-refractivity contribution >= 4 is 23.5 Å². The Balaban J connectivity index is 2.32. The molecule has 1 atom stereocenters. The van der Waals surface area contributed by atoms with E-state index < -0.39 is 19.0 Å². The molecule has 0 aromatic heterocycles. The first-order valence-corrected chi connectivity index (χ1v) is 13.9. The molecule has 1 aliphatic carbocycles. The molecular formula is C19H22BrFI-. The van der Waals surface area contributed by atoms with Gasteiger partial charge in [0.05, 0.1) is 0 Å². The van der Waals surface area contributed by atoms with Gasteiger partial charge in [-0.15, -0.1) is 0 Å². The predicted octanol–water partition coefficient (Wildman–Crippen LogP) is 2.99. The molecule has 0 fully saturated rings. The van der Waals surface area contributed by atoms with E-state index in [1.54, 1.807) is 0 Å². The minimum atomic E-state index is -0.416. The summed E-state index contributed by atoms with van der Waals surface area (Å²) in [4.78, 5) is 0. The van der Waals surface area contributed by atoms with Crippen LogP contribution in [0.4, 0.5) is 4.39 Å². The number of rotatable bonds is 3. The first-order chi connectivity index (χ1) is 10.5. The Morgan fingerprint density at radius 1 is 1.18 bits per heavy atom. The van der Waals surface area contributed by atoms with Gasteiger partial charge in [-0.3, -0.25) is 0 Å². The van der Waals surface area contributed by atoms with E-state index >= 15 is 4.39 Å². The van der Waals surface area contributed by atoms with Gasteiger partial charge in [-0.1, -0.05) is 0 Å². The van der Waals surface area contributed by atoms with Crippen LogP contribution in [0.2, 0.25) is 0 Å². The number of halogens is 3. The molecule has 0 radical (unpaired) electrons. The van der Waals surface area contributed by atoms with Crippen molar-refractivity contribution in [2.24, 2.45) is 5.92 Å². The van der Waals surface area contributed by atoms with E-state index in [4.69, 9.17) is 0 Å². The maximum atomic E-state index is 15.1. The topological polar surface area (TPSA) is 0 Å². The summed E-state index contributed by atoms with van der Waals surface area (Å²) in [5, 5.41) is 2.06. The molecule has 0 heterocycles. The SMILES string of the molecule is CCCC1Cc2c(C)c(C)c3c(F)c([I-]Br)c(C)cc3c2C1. The summed E-state index contributed by atoms with van der Waals surface area (Å²) in [6, 6.07) is 2.24. The van der Waals surface area contributed by atoms with Gasteiger partial charge in [-0.05, 0) is 0 Å². The van der Waals surface area contributed by atoms with Crippen LogP contribution in [0.1, 0.15) is 47.6 Å². The van der Waals surface area contributed by atoms with Crippen molar-refractivity contribution in [2.75, 3.05) is 0 Å². The molecule has 3 heteroatoms. The molecule has 0 N–H and O–H groups in total. The molecule has 2 aromatic carbocycles. The fraction of sp³-hybridized carbons (Fsp3) is 0.474. The fourth-order valence-electron chi connectivity index (χ4n) is 4.02. The molecule has 0 spiro atoms. The predicted molar refractivity (Wildman–Crippen MR) is 91.5 cm³/mol. The second kappa shape index (κ2) is 6.39. The van der Waals surface area contributed by atoms with Gasteiger partial charge < -0.3 is 0 Å². The molecule has 3 rings (SSSR count). The van der Waals surface area contributed by atoms with Gasteiger partial charge in [0.2, 0.25) is 0 Å². The van der Waals surface area contributed by atoms with E-state index in [-0.39, 0.29) is 5.82 Å². The van der Waals surface area contributed by atoms with Crippen LogP contribution < -0.4 is 19.0 Å². The van der Waals surface area contributed by atoms with Crippen LogP contribution in [0, 0.1) is 36.1 Å². The summed E-state index contributed by atoms with van der Waals surface area (Å²) in [5.41, 5.74) is 6.51. The first-order valence-electron chi connectivity index (χ1n) is 7.99. The van der Waals surface area contributed by atoms with Crippen LogP contribution in [0.5, 0.6) is 0 Å². The van der Waals surface area contributed by atoms with Gasteiger partial charge in [-0.2, -0.15) is 0 Å². The van der Waals surface area contributed by atoms with E-state index in [0.717, 1.165) is 32.4 Å². The van der Waals surface area contributed by atoms with Crippen LogP contribution in [-0.2, 0) is 12.8 Å². The molecule has 0 saturated carbocycles. The van der Waals surface area contributed by atoms with Crippen LogP contribution >= 0.6 is 12.7 Å². The molecular weight excluding hydrogens is 454 g/mol. The van der Waals surface area contributed by atoms with Crippen LogP contribution in [0.25, 0.3) is 10.8 Å². The van der Waals surface area contributed by atoms with Crippen LogP contribution in [0.15, 0.2) is 6.07 Å². The van der Waals surface area contributed by atoms with E-state index in [0.29, 0.717) is 0 Å². The van der Waals surface area contributed by atoms with E-state index in [2.05, 4.69) is 46.5 Å². The van der Waals surface area contributed by atoms with E-state index in [1.165, 1.54) is 41.3 Å². The number of hydrogen-bond acceptors (Lipinski definition) is 0. The summed E-state index contributed by atoms with van der Waals surface area (Å²) < 4.78 is 16.0. The zero-order valence-corrected chi connectivity index (χ0v) is 17.4. The summed E-state index contributed by atoms with van der Waals surface area (Å²) >= 11 is 3.13. The molecule has 0 nitrogen and oxygen atoms in total. The summed E-state index contributed by atoms with van der Waals surface area (Å²) in [5.74, 6) is 0.775. The Bertz CT molecular complexity index is 751. The second-order valence-electron chi connectivity index (χ2n) is 6.59. The van der Waals surface area contributed by atoms with E-state index in [1.807, 2.05) is 0 Å². The van der Waals surface area contributed by atoms with Gasteiger partial charge >= 0.3 is 149 Å². The third-order valence-corrected chi connectivity index (χ3v) is 8.96. The molecule has 0 amide bonds. The van der Waals surface area contributed by atoms with Crippen molar-refractivity contribution in [3.8, 4) is 0 Å². The van der Waals surface area contributed by atoms with Crippen LogP contribution in [0.3, 0.4) is 0 Å². The van der Waals surface area contributed by atoms with Gasteiger partial charge in [0.1, 0.15) is 0 Å². The molecule has 1 unspecified atom stereocenters. The third kappa shape index (κ3) is 2.52. The summed E-state index contributed by atoms with van der Waals surface area (Å²) in [7, 11) is 0. The first kappa shape index (κ1) is 16.7. The quantitative estimate of drug-likeness (QED) is 0.598. The Labute approximate surface area is 148 Å². The van der Waals surface area contributed by atoms with Crippen molar-refractivity contribution < 1.29 is 23.4 Å². The maximum absolute atomic E-state index is 15.1. The molecule has 0 aliphatic heterocycles. The average Bonchev–Trinajstić information content (AvgIpc) is 2.89. The Morgan fingerprint density at radius 2 is 1.86 bits per heavy atom. The number of fused-ring (bicyclic) bond motifs is 3. The third-order valence-electron chi connectivity index (χ3n) is 5.22. The second-order valence-corrected chi connectivity index (χ2v) is 10.1. The molecule has 0 bridgehead atoms. The number of aryl methyl sites for hydroxylation is 2. The van der Waals surface area contributed by atoms with Gasteiger partial charge in [0, 0.05) is 0 Å². The van der Waals surface area contributed by atoms with Crippen molar-refractivity contribution in [3.05, 3.63) is 43.3 Å².